The molecule has 1 aliphatic rings. The van der Waals surface area contributed by atoms with Gasteiger partial charge in [-0.05, 0) is 61.6 Å². The van der Waals surface area contributed by atoms with E-state index in [0.717, 1.165) is 64.0 Å². The predicted octanol–water partition coefficient (Wildman–Crippen LogP) is 4.00. The number of aryl methyl sites for hydroxylation is 1. The first-order chi connectivity index (χ1) is 18.0. The van der Waals surface area contributed by atoms with Crippen LogP contribution in [0.3, 0.4) is 0 Å². The number of hydrogen-bond acceptors (Lipinski definition) is 4. The van der Waals surface area contributed by atoms with Gasteiger partial charge in [0.15, 0.2) is 0 Å². The summed E-state index contributed by atoms with van der Waals surface area (Å²) in [4.78, 5) is 28.9. The highest BCUT2D eigenvalue weighted by Crippen LogP contribution is 2.23. The molecule has 208 valence electrons. The maximum atomic E-state index is 13.9. The van der Waals surface area contributed by atoms with Gasteiger partial charge < -0.3 is 10.2 Å². The van der Waals surface area contributed by atoms with Gasteiger partial charge in [-0.3, -0.25) is 9.59 Å². The van der Waals surface area contributed by atoms with E-state index in [1.165, 1.54) is 31.1 Å². The van der Waals surface area contributed by atoms with Crippen molar-refractivity contribution in [3.63, 3.8) is 0 Å². The number of halogens is 1. The SMILES string of the molecule is CC[C@@H](C(=O)NC1CCCCC1)N(Cc1ccccc1C)C(=O)CN(c1ccc(F)cc1)S(=O)(=O)N(C)C. The third-order valence-electron chi connectivity index (χ3n) is 7.07. The molecule has 2 aromatic rings. The van der Waals surface area contributed by atoms with Crippen molar-refractivity contribution in [3.05, 3.63) is 65.5 Å². The molecule has 0 unspecified atom stereocenters. The molecule has 0 saturated heterocycles. The Bertz CT molecular complexity index is 1200. The zero-order valence-corrected chi connectivity index (χ0v) is 23.5. The molecule has 1 aliphatic carbocycles. The van der Waals surface area contributed by atoms with Crippen molar-refractivity contribution in [1.82, 2.24) is 14.5 Å². The standard InChI is InChI=1S/C28H39FN4O4S/c1-5-26(28(35)30-24-13-7-6-8-14-24)32(19-22-12-10-9-11-21(22)2)27(34)20-33(38(36,37)31(3)4)25-17-15-23(29)16-18-25/h9-12,15-18,24,26H,5-8,13-14,19-20H2,1-4H3,(H,30,35)/t26-/m0/s1. The lowest BCUT2D eigenvalue weighted by molar-refractivity contribution is -0.140. The highest BCUT2D eigenvalue weighted by atomic mass is 32.2. The van der Waals surface area contributed by atoms with Crippen molar-refractivity contribution in [1.29, 1.82) is 0 Å². The van der Waals surface area contributed by atoms with E-state index in [0.29, 0.717) is 6.42 Å². The summed E-state index contributed by atoms with van der Waals surface area (Å²) in [6, 6.07) is 11.8. The number of rotatable bonds is 11. The maximum absolute atomic E-state index is 13.9. The van der Waals surface area contributed by atoms with Gasteiger partial charge in [0, 0.05) is 26.7 Å². The number of anilines is 1. The minimum Gasteiger partial charge on any atom is -0.352 e. The quantitative estimate of drug-likeness (QED) is 0.461. The second-order valence-corrected chi connectivity index (χ2v) is 12.1. The summed E-state index contributed by atoms with van der Waals surface area (Å²) in [5.41, 5.74) is 1.99. The lowest BCUT2D eigenvalue weighted by Gasteiger charge is -2.35. The molecule has 2 aromatic carbocycles. The number of hydrogen-bond donors (Lipinski definition) is 1. The zero-order chi connectivity index (χ0) is 27.9. The second kappa shape index (κ2) is 13.2. The average molecular weight is 547 g/mol. The average Bonchev–Trinajstić information content (AvgIpc) is 2.89. The minimum absolute atomic E-state index is 0.0746. The van der Waals surface area contributed by atoms with E-state index in [1.807, 2.05) is 38.1 Å². The van der Waals surface area contributed by atoms with E-state index < -0.39 is 34.5 Å². The van der Waals surface area contributed by atoms with Crippen molar-refractivity contribution in [2.45, 2.75) is 71.0 Å². The molecular formula is C28H39FN4O4S. The molecule has 0 aromatic heterocycles. The van der Waals surface area contributed by atoms with Crippen LogP contribution in [0.2, 0.25) is 0 Å². The molecule has 2 amide bonds. The zero-order valence-electron chi connectivity index (χ0n) is 22.7. The van der Waals surface area contributed by atoms with Crippen molar-refractivity contribution in [2.75, 3.05) is 24.9 Å². The van der Waals surface area contributed by atoms with Crippen molar-refractivity contribution < 1.29 is 22.4 Å². The summed E-state index contributed by atoms with van der Waals surface area (Å²) in [6.07, 6.45) is 5.46. The Kier molecular flexibility index (Phi) is 10.3. The van der Waals surface area contributed by atoms with Crippen LogP contribution in [-0.2, 0) is 26.3 Å². The number of benzene rings is 2. The van der Waals surface area contributed by atoms with Crippen molar-refractivity contribution in [2.24, 2.45) is 0 Å². The number of nitrogens with one attached hydrogen (secondary N) is 1. The molecule has 0 bridgehead atoms. The molecule has 0 radical (unpaired) electrons. The lowest BCUT2D eigenvalue weighted by atomic mass is 9.95. The Balaban J connectivity index is 1.96. The summed E-state index contributed by atoms with van der Waals surface area (Å²) < 4.78 is 42.0. The predicted molar refractivity (Wildman–Crippen MR) is 147 cm³/mol. The van der Waals surface area contributed by atoms with Gasteiger partial charge in [0.25, 0.3) is 0 Å². The molecule has 0 spiro atoms. The van der Waals surface area contributed by atoms with Gasteiger partial charge in [-0.1, -0.05) is 50.5 Å². The van der Waals surface area contributed by atoms with Crippen LogP contribution in [0.25, 0.3) is 0 Å². The molecule has 0 heterocycles. The third kappa shape index (κ3) is 7.32. The van der Waals surface area contributed by atoms with Crippen LogP contribution in [0.1, 0.15) is 56.6 Å². The fourth-order valence-corrected chi connectivity index (χ4v) is 5.81. The molecule has 1 atom stereocenters. The molecule has 8 nitrogen and oxygen atoms in total. The number of carbonyl (C=O) groups is 2. The Labute approximate surface area is 226 Å². The van der Waals surface area contributed by atoms with E-state index in [9.17, 15) is 22.4 Å². The number of nitrogens with zero attached hydrogens (tertiary/aromatic N) is 3. The fourth-order valence-electron chi connectivity index (χ4n) is 4.76. The minimum atomic E-state index is -4.09. The van der Waals surface area contributed by atoms with E-state index in [-0.39, 0.29) is 24.2 Å². The van der Waals surface area contributed by atoms with Crippen molar-refractivity contribution >= 4 is 27.7 Å². The van der Waals surface area contributed by atoms with Crippen LogP contribution in [-0.4, -0.2) is 62.2 Å². The van der Waals surface area contributed by atoms with Gasteiger partial charge in [-0.2, -0.15) is 12.7 Å². The van der Waals surface area contributed by atoms with Crippen LogP contribution in [0.5, 0.6) is 0 Å². The lowest BCUT2D eigenvalue weighted by Crippen LogP contribution is -2.54. The Morgan fingerprint density at radius 1 is 1.03 bits per heavy atom. The summed E-state index contributed by atoms with van der Waals surface area (Å²) in [7, 11) is -1.36. The second-order valence-electron chi connectivity index (χ2n) is 9.99. The maximum Gasteiger partial charge on any atom is 0.304 e. The van der Waals surface area contributed by atoms with Crippen LogP contribution in [0, 0.1) is 12.7 Å². The van der Waals surface area contributed by atoms with E-state index >= 15 is 0 Å². The van der Waals surface area contributed by atoms with Crippen LogP contribution in [0.4, 0.5) is 10.1 Å². The normalized spacial score (nSPS) is 15.2. The molecule has 1 fully saturated rings. The molecule has 0 aliphatic heterocycles. The van der Waals surface area contributed by atoms with Gasteiger partial charge in [0.1, 0.15) is 18.4 Å². The highest BCUT2D eigenvalue weighted by Gasteiger charge is 2.34. The molecule has 1 N–H and O–H groups in total. The van der Waals surface area contributed by atoms with Crippen LogP contribution in [0.15, 0.2) is 48.5 Å². The van der Waals surface area contributed by atoms with Gasteiger partial charge in [-0.15, -0.1) is 0 Å². The van der Waals surface area contributed by atoms with Gasteiger partial charge in [0.05, 0.1) is 5.69 Å². The van der Waals surface area contributed by atoms with Gasteiger partial charge in [-0.25, -0.2) is 8.70 Å². The summed E-state index contributed by atoms with van der Waals surface area (Å²) >= 11 is 0. The van der Waals surface area contributed by atoms with E-state index in [4.69, 9.17) is 0 Å². The first kappa shape index (κ1) is 29.6. The molecule has 10 heteroatoms. The molecule has 1 saturated carbocycles. The first-order valence-electron chi connectivity index (χ1n) is 13.1. The number of carbonyl (C=O) groups excluding carboxylic acids is 2. The third-order valence-corrected chi connectivity index (χ3v) is 8.89. The summed E-state index contributed by atoms with van der Waals surface area (Å²) in [5.74, 6) is -1.27. The van der Waals surface area contributed by atoms with E-state index in [1.54, 1.807) is 0 Å². The Morgan fingerprint density at radius 3 is 2.24 bits per heavy atom. The van der Waals surface area contributed by atoms with E-state index in [2.05, 4.69) is 5.32 Å². The van der Waals surface area contributed by atoms with Crippen LogP contribution < -0.4 is 9.62 Å². The topological polar surface area (TPSA) is 90.0 Å². The first-order valence-corrected chi connectivity index (χ1v) is 14.5. The Hall–Kier alpha value is -2.98. The summed E-state index contributed by atoms with van der Waals surface area (Å²) in [6.45, 7) is 3.40. The fraction of sp³-hybridized carbons (Fsp3) is 0.500. The van der Waals surface area contributed by atoms with Crippen LogP contribution >= 0.6 is 0 Å². The van der Waals surface area contributed by atoms with Gasteiger partial charge >= 0.3 is 10.2 Å². The Morgan fingerprint density at radius 2 is 1.66 bits per heavy atom. The largest absolute Gasteiger partial charge is 0.352 e. The summed E-state index contributed by atoms with van der Waals surface area (Å²) in [5, 5.41) is 3.13. The van der Waals surface area contributed by atoms with Gasteiger partial charge in [0.2, 0.25) is 11.8 Å². The molecule has 38 heavy (non-hydrogen) atoms. The highest BCUT2D eigenvalue weighted by molar-refractivity contribution is 7.90. The smallest absolute Gasteiger partial charge is 0.304 e. The van der Waals surface area contributed by atoms with Crippen molar-refractivity contribution in [3.8, 4) is 0 Å². The molecule has 3 rings (SSSR count). The monoisotopic (exact) mass is 546 g/mol. The molecular weight excluding hydrogens is 507 g/mol. The number of amides is 2.